The topological polar surface area (TPSA) is 99.2 Å². The molecule has 0 aromatic heterocycles. The van der Waals surface area contributed by atoms with Crippen LogP contribution in [0.1, 0.15) is 40.5 Å². The molecule has 4 N–H and O–H groups in total. The van der Waals surface area contributed by atoms with Gasteiger partial charge in [-0.1, -0.05) is 19.0 Å². The van der Waals surface area contributed by atoms with Crippen LogP contribution in [-0.4, -0.2) is 46.1 Å². The summed E-state index contributed by atoms with van der Waals surface area (Å²) >= 11 is 0. The highest BCUT2D eigenvalue weighted by Crippen LogP contribution is 2.22. The van der Waals surface area contributed by atoms with E-state index >= 15 is 0 Å². The Hall–Kier alpha value is -1.30. The van der Waals surface area contributed by atoms with Gasteiger partial charge in [0.15, 0.2) is 5.84 Å². The largest absolute Gasteiger partial charge is 0.409 e. The minimum atomic E-state index is -1.08. The molecule has 0 heterocycles. The number of amides is 1. The van der Waals surface area contributed by atoms with Crippen LogP contribution in [0, 0.1) is 5.41 Å². The molecule has 0 saturated heterocycles. The monoisotopic (exact) mass is 259 g/mol. The summed E-state index contributed by atoms with van der Waals surface area (Å²) in [5, 5.41) is 20.7. The number of hydrogen-bond donors (Lipinski definition) is 3. The van der Waals surface area contributed by atoms with Gasteiger partial charge in [-0.25, -0.2) is 0 Å². The van der Waals surface area contributed by atoms with E-state index in [4.69, 9.17) is 16.0 Å². The van der Waals surface area contributed by atoms with Crippen molar-refractivity contribution in [3.8, 4) is 0 Å². The second-order valence-electron chi connectivity index (χ2n) is 4.80. The van der Waals surface area contributed by atoms with Crippen molar-refractivity contribution in [2.75, 3.05) is 13.2 Å². The molecule has 0 bridgehead atoms. The highest BCUT2D eigenvalue weighted by molar-refractivity contribution is 6.05. The van der Waals surface area contributed by atoms with Crippen molar-refractivity contribution in [2.45, 2.75) is 46.6 Å². The number of nitrogens with two attached hydrogens (primary N) is 1. The molecule has 6 heteroatoms. The Bertz CT molecular complexity index is 299. The molecule has 0 atom stereocenters. The Morgan fingerprint density at radius 3 is 2.22 bits per heavy atom. The summed E-state index contributed by atoms with van der Waals surface area (Å²) < 4.78 is 0. The first kappa shape index (κ1) is 16.7. The number of hydrogen-bond acceptors (Lipinski definition) is 4. The number of amidine groups is 1. The van der Waals surface area contributed by atoms with Gasteiger partial charge in [-0.3, -0.25) is 4.79 Å². The maximum absolute atomic E-state index is 12.5. The van der Waals surface area contributed by atoms with E-state index in [1.54, 1.807) is 18.7 Å². The molecule has 0 aliphatic carbocycles. The van der Waals surface area contributed by atoms with Crippen LogP contribution in [0.4, 0.5) is 0 Å². The average Bonchev–Trinajstić information content (AvgIpc) is 2.36. The van der Waals surface area contributed by atoms with Crippen molar-refractivity contribution >= 4 is 11.7 Å². The second-order valence-corrected chi connectivity index (χ2v) is 4.80. The first-order valence-electron chi connectivity index (χ1n) is 6.26. The molecule has 0 rings (SSSR count). The molecule has 0 radical (unpaired) electrons. The van der Waals surface area contributed by atoms with Crippen LogP contribution in [0.2, 0.25) is 0 Å². The number of aliphatic hydroxyl groups is 1. The summed E-state index contributed by atoms with van der Waals surface area (Å²) in [6.07, 6.45) is 1.60. The van der Waals surface area contributed by atoms with Crippen LogP contribution in [0.15, 0.2) is 5.16 Å². The molecule has 0 aliphatic heterocycles. The first-order valence-corrected chi connectivity index (χ1v) is 6.26. The van der Waals surface area contributed by atoms with Crippen LogP contribution in [-0.2, 0) is 4.79 Å². The third-order valence-corrected chi connectivity index (χ3v) is 3.27. The zero-order chi connectivity index (χ0) is 14.3. The summed E-state index contributed by atoms with van der Waals surface area (Å²) in [4.78, 5) is 14.1. The number of oxime groups is 1. The molecule has 18 heavy (non-hydrogen) atoms. The summed E-state index contributed by atoms with van der Waals surface area (Å²) in [5.41, 5.74) is 4.48. The number of carbonyl (C=O) groups is 1. The molecule has 106 valence electrons. The molecule has 0 saturated carbocycles. The van der Waals surface area contributed by atoms with Crippen molar-refractivity contribution in [2.24, 2.45) is 16.3 Å². The smallest absolute Gasteiger partial charge is 0.236 e. The Balaban J connectivity index is 5.19. The van der Waals surface area contributed by atoms with Crippen LogP contribution < -0.4 is 5.73 Å². The minimum Gasteiger partial charge on any atom is -0.409 e. The van der Waals surface area contributed by atoms with Crippen molar-refractivity contribution in [3.05, 3.63) is 0 Å². The van der Waals surface area contributed by atoms with Crippen LogP contribution in [0.3, 0.4) is 0 Å². The Morgan fingerprint density at radius 1 is 1.39 bits per heavy atom. The fourth-order valence-corrected chi connectivity index (χ4v) is 1.88. The molecule has 0 aromatic carbocycles. The first-order chi connectivity index (χ1) is 8.36. The van der Waals surface area contributed by atoms with E-state index in [0.717, 1.165) is 12.8 Å². The molecular formula is C12H25N3O3. The Kier molecular flexibility index (Phi) is 6.68. The minimum absolute atomic E-state index is 0.0513. The molecule has 0 aliphatic rings. The van der Waals surface area contributed by atoms with Crippen molar-refractivity contribution in [3.63, 3.8) is 0 Å². The van der Waals surface area contributed by atoms with E-state index in [1.165, 1.54) is 0 Å². The fourth-order valence-electron chi connectivity index (χ4n) is 1.88. The lowest BCUT2D eigenvalue weighted by Crippen LogP contribution is -2.52. The lowest BCUT2D eigenvalue weighted by Gasteiger charge is -2.35. The van der Waals surface area contributed by atoms with E-state index < -0.39 is 5.41 Å². The molecule has 0 unspecified atom stereocenters. The Labute approximate surface area is 108 Å². The van der Waals surface area contributed by atoms with Crippen LogP contribution in [0.25, 0.3) is 0 Å². The quantitative estimate of drug-likeness (QED) is 0.272. The standard InChI is InChI=1S/C12H25N3O3/c1-5-9(6-2)15(7-8-16)11(17)12(3,4)10(13)14-18/h9,16,18H,5-8H2,1-4H3,(H2,13,14). The summed E-state index contributed by atoms with van der Waals surface area (Å²) in [6, 6.07) is 0.0513. The lowest BCUT2D eigenvalue weighted by atomic mass is 9.89. The predicted molar refractivity (Wildman–Crippen MR) is 70.4 cm³/mol. The second kappa shape index (κ2) is 7.20. The lowest BCUT2D eigenvalue weighted by molar-refractivity contribution is -0.140. The van der Waals surface area contributed by atoms with E-state index in [2.05, 4.69) is 5.16 Å². The van der Waals surface area contributed by atoms with Crippen molar-refractivity contribution < 1.29 is 15.1 Å². The molecule has 0 spiro atoms. The van der Waals surface area contributed by atoms with Gasteiger partial charge in [-0.2, -0.15) is 0 Å². The summed E-state index contributed by atoms with van der Waals surface area (Å²) in [7, 11) is 0. The van der Waals surface area contributed by atoms with Crippen LogP contribution >= 0.6 is 0 Å². The van der Waals surface area contributed by atoms with Gasteiger partial charge >= 0.3 is 0 Å². The maximum Gasteiger partial charge on any atom is 0.236 e. The third kappa shape index (κ3) is 3.60. The molecule has 0 fully saturated rings. The summed E-state index contributed by atoms with van der Waals surface area (Å²) in [6.45, 7) is 7.35. The van der Waals surface area contributed by atoms with Gasteiger partial charge in [0, 0.05) is 12.6 Å². The van der Waals surface area contributed by atoms with E-state index in [0.29, 0.717) is 0 Å². The van der Waals surface area contributed by atoms with Gasteiger partial charge in [-0.05, 0) is 26.7 Å². The van der Waals surface area contributed by atoms with E-state index in [1.807, 2.05) is 13.8 Å². The average molecular weight is 259 g/mol. The molecule has 0 aromatic rings. The molecule has 6 nitrogen and oxygen atoms in total. The highest BCUT2D eigenvalue weighted by atomic mass is 16.4. The van der Waals surface area contributed by atoms with Gasteiger partial charge in [-0.15, -0.1) is 0 Å². The zero-order valence-electron chi connectivity index (χ0n) is 11.7. The van der Waals surface area contributed by atoms with Gasteiger partial charge in [0.1, 0.15) is 5.41 Å². The van der Waals surface area contributed by atoms with Crippen LogP contribution in [0.5, 0.6) is 0 Å². The summed E-state index contributed by atoms with van der Waals surface area (Å²) in [5.74, 6) is -0.359. The SMILES string of the molecule is CCC(CC)N(CCO)C(=O)C(C)(C)C(N)=NO. The molecule has 1 amide bonds. The number of rotatable bonds is 7. The predicted octanol–water partition coefficient (Wildman–Crippen LogP) is 0.769. The molecular weight excluding hydrogens is 234 g/mol. The van der Waals surface area contributed by atoms with Gasteiger partial charge in [0.2, 0.25) is 5.91 Å². The van der Waals surface area contributed by atoms with E-state index in [9.17, 15) is 4.79 Å². The van der Waals surface area contributed by atoms with Crippen molar-refractivity contribution in [1.82, 2.24) is 4.90 Å². The van der Waals surface area contributed by atoms with E-state index in [-0.39, 0.29) is 30.9 Å². The third-order valence-electron chi connectivity index (χ3n) is 3.27. The Morgan fingerprint density at radius 2 is 1.89 bits per heavy atom. The van der Waals surface area contributed by atoms with Crippen molar-refractivity contribution in [1.29, 1.82) is 0 Å². The van der Waals surface area contributed by atoms with Gasteiger partial charge in [0.05, 0.1) is 6.61 Å². The zero-order valence-corrected chi connectivity index (χ0v) is 11.7. The fraction of sp³-hybridized carbons (Fsp3) is 0.833. The highest BCUT2D eigenvalue weighted by Gasteiger charge is 2.38. The van der Waals surface area contributed by atoms with Gasteiger partial charge < -0.3 is 20.9 Å². The normalized spacial score (nSPS) is 12.9. The number of aliphatic hydroxyl groups excluding tert-OH is 1. The van der Waals surface area contributed by atoms with Gasteiger partial charge in [0.25, 0.3) is 0 Å². The number of carbonyl (C=O) groups excluding carboxylic acids is 1. The number of nitrogens with zero attached hydrogens (tertiary/aromatic N) is 2. The maximum atomic E-state index is 12.5.